The van der Waals surface area contributed by atoms with Gasteiger partial charge in [0.25, 0.3) is 0 Å². The first-order valence-electron chi connectivity index (χ1n) is 8.23. The van der Waals surface area contributed by atoms with E-state index in [1.165, 1.54) is 16.5 Å². The van der Waals surface area contributed by atoms with Crippen molar-refractivity contribution < 1.29 is 0 Å². The van der Waals surface area contributed by atoms with Crippen LogP contribution in [0.2, 0.25) is 0 Å². The Morgan fingerprint density at radius 3 is 2.87 bits per heavy atom. The van der Waals surface area contributed by atoms with Crippen LogP contribution in [0.3, 0.4) is 0 Å². The maximum atomic E-state index is 4.41. The predicted octanol–water partition coefficient (Wildman–Crippen LogP) is 3.38. The number of rotatable bonds is 3. The monoisotopic (exact) mass is 303 g/mol. The zero-order valence-corrected chi connectivity index (χ0v) is 13.2. The van der Waals surface area contributed by atoms with Crippen LogP contribution in [-0.2, 0) is 6.54 Å². The van der Waals surface area contributed by atoms with Crippen molar-refractivity contribution in [3.05, 3.63) is 78.0 Å². The number of pyridine rings is 1. The Labute approximate surface area is 137 Å². The number of nitrogens with one attached hydrogen (secondary N) is 1. The van der Waals surface area contributed by atoms with Gasteiger partial charge in [0.05, 0.1) is 5.52 Å². The Morgan fingerprint density at radius 2 is 1.96 bits per heavy atom. The van der Waals surface area contributed by atoms with Gasteiger partial charge in [0, 0.05) is 43.8 Å². The van der Waals surface area contributed by atoms with Crippen molar-refractivity contribution >= 4 is 10.9 Å². The molecule has 116 valence electrons. The molecule has 1 N–H and O–H groups in total. The average Bonchev–Trinajstić information content (AvgIpc) is 2.63. The van der Waals surface area contributed by atoms with Crippen LogP contribution in [0.5, 0.6) is 0 Å². The first kappa shape index (κ1) is 14.4. The number of piperazine rings is 1. The Balaban J connectivity index is 1.59. The van der Waals surface area contributed by atoms with E-state index in [0.717, 1.165) is 31.7 Å². The molecule has 1 atom stereocenters. The highest BCUT2D eigenvalue weighted by Gasteiger charge is 2.23. The van der Waals surface area contributed by atoms with E-state index >= 15 is 0 Å². The highest BCUT2D eigenvalue weighted by Crippen LogP contribution is 2.25. The second kappa shape index (κ2) is 6.49. The van der Waals surface area contributed by atoms with E-state index in [9.17, 15) is 0 Å². The van der Waals surface area contributed by atoms with Gasteiger partial charge in [-0.15, -0.1) is 0 Å². The Hall–Kier alpha value is -2.23. The lowest BCUT2D eigenvalue weighted by Gasteiger charge is -2.36. The quantitative estimate of drug-likeness (QED) is 0.804. The zero-order valence-electron chi connectivity index (χ0n) is 13.2. The number of aromatic nitrogens is 1. The van der Waals surface area contributed by atoms with Crippen molar-refractivity contribution in [3.63, 3.8) is 0 Å². The second-order valence-electron chi connectivity index (χ2n) is 6.13. The normalized spacial score (nSPS) is 19.0. The van der Waals surface area contributed by atoms with Crippen molar-refractivity contribution in [2.24, 2.45) is 0 Å². The first-order chi connectivity index (χ1) is 11.4. The van der Waals surface area contributed by atoms with E-state index in [2.05, 4.69) is 69.8 Å². The second-order valence-corrected chi connectivity index (χ2v) is 6.13. The van der Waals surface area contributed by atoms with Crippen LogP contribution < -0.4 is 5.32 Å². The smallest absolute Gasteiger partial charge is 0.0702 e. The summed E-state index contributed by atoms with van der Waals surface area (Å²) in [6, 6.07) is 22.0. The zero-order chi connectivity index (χ0) is 15.5. The average molecular weight is 303 g/mol. The number of hydrogen-bond acceptors (Lipinski definition) is 3. The molecule has 0 saturated carbocycles. The van der Waals surface area contributed by atoms with Gasteiger partial charge in [-0.3, -0.25) is 9.88 Å². The Morgan fingerprint density at radius 1 is 1.04 bits per heavy atom. The van der Waals surface area contributed by atoms with E-state index < -0.39 is 0 Å². The molecule has 1 unspecified atom stereocenters. The minimum Gasteiger partial charge on any atom is -0.314 e. The third kappa shape index (κ3) is 3.11. The molecular weight excluding hydrogens is 282 g/mol. The Kier molecular flexibility index (Phi) is 4.05. The fourth-order valence-electron chi connectivity index (χ4n) is 3.40. The highest BCUT2D eigenvalue weighted by molar-refractivity contribution is 5.78. The van der Waals surface area contributed by atoms with Crippen molar-refractivity contribution in [2.45, 2.75) is 12.6 Å². The van der Waals surface area contributed by atoms with Crippen LogP contribution in [0.4, 0.5) is 0 Å². The fourth-order valence-corrected chi connectivity index (χ4v) is 3.40. The summed E-state index contributed by atoms with van der Waals surface area (Å²) in [7, 11) is 0. The van der Waals surface area contributed by atoms with Gasteiger partial charge >= 0.3 is 0 Å². The number of hydrogen-bond donors (Lipinski definition) is 1. The van der Waals surface area contributed by atoms with Crippen molar-refractivity contribution in [1.82, 2.24) is 15.2 Å². The van der Waals surface area contributed by atoms with E-state index in [1.54, 1.807) is 0 Å². The van der Waals surface area contributed by atoms with Gasteiger partial charge in [-0.25, -0.2) is 0 Å². The van der Waals surface area contributed by atoms with Crippen LogP contribution in [0.1, 0.15) is 17.2 Å². The van der Waals surface area contributed by atoms with E-state index in [1.807, 2.05) is 12.3 Å². The summed E-state index contributed by atoms with van der Waals surface area (Å²) in [4.78, 5) is 6.98. The number of fused-ring (bicyclic) bond motifs is 1. The molecule has 0 amide bonds. The molecule has 1 fully saturated rings. The number of benzene rings is 2. The molecule has 3 nitrogen and oxygen atoms in total. The van der Waals surface area contributed by atoms with Crippen molar-refractivity contribution in [3.8, 4) is 0 Å². The van der Waals surface area contributed by atoms with Crippen LogP contribution in [0.25, 0.3) is 10.9 Å². The van der Waals surface area contributed by atoms with Crippen molar-refractivity contribution in [1.29, 1.82) is 0 Å². The van der Waals surface area contributed by atoms with Gasteiger partial charge in [-0.1, -0.05) is 42.5 Å². The summed E-state index contributed by atoms with van der Waals surface area (Å²) < 4.78 is 0. The molecular formula is C20H21N3. The molecule has 2 aromatic carbocycles. The fraction of sp³-hybridized carbons (Fsp3) is 0.250. The lowest BCUT2D eigenvalue weighted by atomic mass is 10.0. The third-order valence-corrected chi connectivity index (χ3v) is 4.59. The lowest BCUT2D eigenvalue weighted by molar-refractivity contribution is 0.154. The van der Waals surface area contributed by atoms with Gasteiger partial charge in [0.1, 0.15) is 0 Å². The standard InChI is InChI=1S/C20H21N3/c1-2-5-17(6-3-1)20-14-21-11-12-23(20)15-16-8-9-19-18(13-16)7-4-10-22-19/h1-10,13,20-21H,11-12,14-15H2. The summed E-state index contributed by atoms with van der Waals surface area (Å²) in [6.07, 6.45) is 1.85. The van der Waals surface area contributed by atoms with Crippen LogP contribution in [0.15, 0.2) is 66.9 Å². The topological polar surface area (TPSA) is 28.2 Å². The maximum Gasteiger partial charge on any atom is 0.0702 e. The summed E-state index contributed by atoms with van der Waals surface area (Å²) in [5, 5.41) is 4.75. The molecule has 1 saturated heterocycles. The van der Waals surface area contributed by atoms with Gasteiger partial charge < -0.3 is 5.32 Å². The molecule has 0 bridgehead atoms. The van der Waals surface area contributed by atoms with Gasteiger partial charge in [0.2, 0.25) is 0 Å². The SMILES string of the molecule is c1ccc(C2CNCCN2Cc2ccc3ncccc3c2)cc1. The van der Waals surface area contributed by atoms with Gasteiger partial charge in [0.15, 0.2) is 0 Å². The molecule has 23 heavy (non-hydrogen) atoms. The maximum absolute atomic E-state index is 4.41. The molecule has 0 aliphatic carbocycles. The number of nitrogens with zero attached hydrogens (tertiary/aromatic N) is 2. The summed E-state index contributed by atoms with van der Waals surface area (Å²) in [6.45, 7) is 4.12. The molecule has 3 aromatic rings. The summed E-state index contributed by atoms with van der Waals surface area (Å²) in [5.74, 6) is 0. The molecule has 2 heterocycles. The molecule has 1 aliphatic rings. The predicted molar refractivity (Wildman–Crippen MR) is 94.2 cm³/mol. The van der Waals surface area contributed by atoms with Gasteiger partial charge in [-0.05, 0) is 29.3 Å². The molecule has 0 spiro atoms. The van der Waals surface area contributed by atoms with Crippen LogP contribution in [-0.4, -0.2) is 29.5 Å². The molecule has 0 radical (unpaired) electrons. The molecule has 1 aromatic heterocycles. The first-order valence-corrected chi connectivity index (χ1v) is 8.23. The van der Waals surface area contributed by atoms with E-state index in [4.69, 9.17) is 0 Å². The van der Waals surface area contributed by atoms with Crippen LogP contribution in [0, 0.1) is 0 Å². The van der Waals surface area contributed by atoms with Crippen LogP contribution >= 0.6 is 0 Å². The molecule has 3 heteroatoms. The van der Waals surface area contributed by atoms with Crippen molar-refractivity contribution in [2.75, 3.05) is 19.6 Å². The van der Waals surface area contributed by atoms with Gasteiger partial charge in [-0.2, -0.15) is 0 Å². The van der Waals surface area contributed by atoms with E-state index in [0.29, 0.717) is 6.04 Å². The minimum absolute atomic E-state index is 0.439. The minimum atomic E-state index is 0.439. The van der Waals surface area contributed by atoms with E-state index in [-0.39, 0.29) is 0 Å². The molecule has 4 rings (SSSR count). The lowest BCUT2D eigenvalue weighted by Crippen LogP contribution is -2.45. The third-order valence-electron chi connectivity index (χ3n) is 4.59. The summed E-state index contributed by atoms with van der Waals surface area (Å²) >= 11 is 0. The Bertz CT molecular complexity index is 785. The highest BCUT2D eigenvalue weighted by atomic mass is 15.2. The largest absolute Gasteiger partial charge is 0.314 e. The summed E-state index contributed by atoms with van der Waals surface area (Å²) in [5.41, 5.74) is 3.81. The molecule has 1 aliphatic heterocycles.